The molecule has 1 aromatic carbocycles. The molecule has 1 atom stereocenters. The lowest BCUT2D eigenvalue weighted by Crippen LogP contribution is -2.37. The number of rotatable bonds is 4. The molecule has 5 heteroatoms. The maximum Gasteiger partial charge on any atom is 0.266 e. The number of benzene rings is 1. The first-order valence-electron chi connectivity index (χ1n) is 6.50. The van der Waals surface area contributed by atoms with E-state index in [2.05, 4.69) is 6.07 Å². The topological polar surface area (TPSA) is 55.6 Å². The molecule has 0 aliphatic carbocycles. The van der Waals surface area contributed by atoms with E-state index >= 15 is 0 Å². The maximum absolute atomic E-state index is 12.5. The summed E-state index contributed by atoms with van der Waals surface area (Å²) in [6.45, 7) is 4.49. The summed E-state index contributed by atoms with van der Waals surface area (Å²) in [6, 6.07) is 6.06. The van der Waals surface area contributed by atoms with Gasteiger partial charge in [-0.25, -0.2) is 0 Å². The Morgan fingerprint density at radius 3 is 2.85 bits per heavy atom. The molecule has 1 heterocycles. The molecule has 4 nitrogen and oxygen atoms in total. The minimum atomic E-state index is -0.0501. The Labute approximate surface area is 123 Å². The third-order valence-electron chi connectivity index (χ3n) is 3.47. The molecule has 0 spiro atoms. The number of nitrogen functional groups attached to an aromatic ring is 1. The standard InChI is InChI=1S/C15H20N2O2S/c1-9-5-6-11-12(7-9)20-14(13(11)16)15(18)17(3)10(2)8-19-4/h5-7,10H,8,16H2,1-4H3. The van der Waals surface area contributed by atoms with Gasteiger partial charge < -0.3 is 15.4 Å². The Kier molecular flexibility index (Phi) is 4.30. The predicted molar refractivity (Wildman–Crippen MR) is 84.4 cm³/mol. The van der Waals surface area contributed by atoms with E-state index in [0.717, 1.165) is 10.1 Å². The van der Waals surface area contributed by atoms with Gasteiger partial charge in [0.1, 0.15) is 4.88 Å². The second kappa shape index (κ2) is 5.81. The summed E-state index contributed by atoms with van der Waals surface area (Å²) in [6.07, 6.45) is 0. The molecule has 0 aliphatic heterocycles. The van der Waals surface area contributed by atoms with Gasteiger partial charge in [0.25, 0.3) is 5.91 Å². The van der Waals surface area contributed by atoms with Gasteiger partial charge in [-0.15, -0.1) is 11.3 Å². The number of thiophene rings is 1. The molecule has 0 saturated heterocycles. The van der Waals surface area contributed by atoms with E-state index in [4.69, 9.17) is 10.5 Å². The first-order chi connectivity index (χ1) is 9.45. The van der Waals surface area contributed by atoms with Crippen LogP contribution in [0.2, 0.25) is 0 Å². The molecule has 2 N–H and O–H groups in total. The third kappa shape index (κ3) is 2.64. The fourth-order valence-electron chi connectivity index (χ4n) is 2.10. The molecule has 1 unspecified atom stereocenters. The first kappa shape index (κ1) is 14.8. The van der Waals surface area contributed by atoms with Crippen LogP contribution in [0.5, 0.6) is 0 Å². The molecule has 0 radical (unpaired) electrons. The van der Waals surface area contributed by atoms with Crippen molar-refractivity contribution in [2.45, 2.75) is 19.9 Å². The SMILES string of the molecule is COCC(C)N(C)C(=O)c1sc2cc(C)ccc2c1N. The summed E-state index contributed by atoms with van der Waals surface area (Å²) in [5.41, 5.74) is 7.87. The summed E-state index contributed by atoms with van der Waals surface area (Å²) in [5, 5.41) is 0.955. The molecule has 2 aromatic rings. The summed E-state index contributed by atoms with van der Waals surface area (Å²) in [5.74, 6) is -0.0501. The molecule has 0 bridgehead atoms. The molecule has 2 rings (SSSR count). The average molecular weight is 292 g/mol. The van der Waals surface area contributed by atoms with Crippen LogP contribution in [0.15, 0.2) is 18.2 Å². The smallest absolute Gasteiger partial charge is 0.266 e. The number of aryl methyl sites for hydroxylation is 1. The number of hydrogen-bond donors (Lipinski definition) is 1. The largest absolute Gasteiger partial charge is 0.397 e. The Hall–Kier alpha value is -1.59. The summed E-state index contributed by atoms with van der Waals surface area (Å²) < 4.78 is 6.15. The van der Waals surface area contributed by atoms with E-state index in [0.29, 0.717) is 17.2 Å². The number of carbonyl (C=O) groups is 1. The van der Waals surface area contributed by atoms with Crippen molar-refractivity contribution in [3.8, 4) is 0 Å². The lowest BCUT2D eigenvalue weighted by Gasteiger charge is -2.23. The second-order valence-corrected chi connectivity index (χ2v) is 6.12. The highest BCUT2D eigenvalue weighted by molar-refractivity contribution is 7.21. The fourth-order valence-corrected chi connectivity index (χ4v) is 3.30. The van der Waals surface area contributed by atoms with Gasteiger partial charge in [-0.3, -0.25) is 4.79 Å². The van der Waals surface area contributed by atoms with Gasteiger partial charge in [0.15, 0.2) is 0 Å². The van der Waals surface area contributed by atoms with Gasteiger partial charge in [-0.2, -0.15) is 0 Å². The van der Waals surface area contributed by atoms with Gasteiger partial charge in [0, 0.05) is 24.2 Å². The molecule has 1 aromatic heterocycles. The molecule has 0 aliphatic rings. The number of ether oxygens (including phenoxy) is 1. The van der Waals surface area contributed by atoms with E-state index in [1.165, 1.54) is 16.9 Å². The number of nitrogens with two attached hydrogens (primary N) is 1. The van der Waals surface area contributed by atoms with E-state index < -0.39 is 0 Å². The van der Waals surface area contributed by atoms with Gasteiger partial charge in [-0.05, 0) is 25.5 Å². The predicted octanol–water partition coefficient (Wildman–Crippen LogP) is 2.90. The van der Waals surface area contributed by atoms with Crippen molar-refractivity contribution < 1.29 is 9.53 Å². The Morgan fingerprint density at radius 2 is 2.20 bits per heavy atom. The molecule has 1 amide bonds. The Balaban J connectivity index is 2.37. The molecule has 108 valence electrons. The average Bonchev–Trinajstić information content (AvgIpc) is 2.74. The molecule has 0 saturated carbocycles. The monoisotopic (exact) mass is 292 g/mol. The van der Waals surface area contributed by atoms with Crippen LogP contribution in [0, 0.1) is 6.92 Å². The van der Waals surface area contributed by atoms with Crippen molar-refractivity contribution in [1.82, 2.24) is 4.90 Å². The summed E-state index contributed by atoms with van der Waals surface area (Å²) in [7, 11) is 3.41. The van der Waals surface area contributed by atoms with Gasteiger partial charge >= 0.3 is 0 Å². The van der Waals surface area contributed by atoms with Crippen LogP contribution >= 0.6 is 11.3 Å². The molecular weight excluding hydrogens is 272 g/mol. The van der Waals surface area contributed by atoms with Crippen molar-refractivity contribution in [3.05, 3.63) is 28.6 Å². The number of nitrogens with zero attached hydrogens (tertiary/aromatic N) is 1. The zero-order valence-electron chi connectivity index (χ0n) is 12.3. The lowest BCUT2D eigenvalue weighted by molar-refractivity contribution is 0.0639. The number of methoxy groups -OCH3 is 1. The maximum atomic E-state index is 12.5. The van der Waals surface area contributed by atoms with Crippen molar-refractivity contribution in [3.63, 3.8) is 0 Å². The van der Waals surface area contributed by atoms with Crippen molar-refractivity contribution in [2.24, 2.45) is 0 Å². The number of carbonyl (C=O) groups excluding carboxylic acids is 1. The van der Waals surface area contributed by atoms with Gasteiger partial charge in [0.2, 0.25) is 0 Å². The molecule has 0 fully saturated rings. The zero-order chi connectivity index (χ0) is 14.9. The van der Waals surface area contributed by atoms with Crippen LogP contribution in [0.4, 0.5) is 5.69 Å². The van der Waals surface area contributed by atoms with E-state index in [9.17, 15) is 4.79 Å². The van der Waals surface area contributed by atoms with Crippen molar-refractivity contribution >= 4 is 33.0 Å². The Bertz CT molecular complexity index is 636. The van der Waals surface area contributed by atoms with E-state index in [1.54, 1.807) is 19.1 Å². The minimum Gasteiger partial charge on any atom is -0.397 e. The number of likely N-dealkylation sites (N-methyl/N-ethyl adjacent to an activating group) is 1. The molecule has 20 heavy (non-hydrogen) atoms. The van der Waals surface area contributed by atoms with Gasteiger partial charge in [-0.1, -0.05) is 12.1 Å². The minimum absolute atomic E-state index is 0.0128. The summed E-state index contributed by atoms with van der Waals surface area (Å²) >= 11 is 1.45. The number of hydrogen-bond acceptors (Lipinski definition) is 4. The molecular formula is C15H20N2O2S. The van der Waals surface area contributed by atoms with Crippen LogP contribution in [0.25, 0.3) is 10.1 Å². The highest BCUT2D eigenvalue weighted by Crippen LogP contribution is 2.35. The lowest BCUT2D eigenvalue weighted by atomic mass is 10.1. The second-order valence-electron chi connectivity index (χ2n) is 5.06. The van der Waals surface area contributed by atoms with E-state index in [-0.39, 0.29) is 11.9 Å². The van der Waals surface area contributed by atoms with Gasteiger partial charge in [0.05, 0.1) is 18.3 Å². The van der Waals surface area contributed by atoms with Crippen LogP contribution in [-0.2, 0) is 4.74 Å². The van der Waals surface area contributed by atoms with Crippen LogP contribution in [0.3, 0.4) is 0 Å². The van der Waals surface area contributed by atoms with Crippen molar-refractivity contribution in [1.29, 1.82) is 0 Å². The summed E-state index contributed by atoms with van der Waals surface area (Å²) in [4.78, 5) is 14.8. The zero-order valence-corrected chi connectivity index (χ0v) is 13.1. The van der Waals surface area contributed by atoms with Crippen molar-refractivity contribution in [2.75, 3.05) is 26.5 Å². The highest BCUT2D eigenvalue weighted by Gasteiger charge is 2.22. The Morgan fingerprint density at radius 1 is 1.50 bits per heavy atom. The number of anilines is 1. The van der Waals surface area contributed by atoms with Crippen LogP contribution in [-0.4, -0.2) is 37.6 Å². The third-order valence-corrected chi connectivity index (χ3v) is 4.62. The highest BCUT2D eigenvalue weighted by atomic mass is 32.1. The first-order valence-corrected chi connectivity index (χ1v) is 7.32. The van der Waals surface area contributed by atoms with E-state index in [1.807, 2.05) is 26.0 Å². The van der Waals surface area contributed by atoms with Crippen LogP contribution < -0.4 is 5.73 Å². The van der Waals surface area contributed by atoms with Crippen LogP contribution in [0.1, 0.15) is 22.2 Å². The fraction of sp³-hybridized carbons (Fsp3) is 0.400. The quantitative estimate of drug-likeness (QED) is 0.942. The number of amides is 1. The normalized spacial score (nSPS) is 12.6. The number of fused-ring (bicyclic) bond motifs is 1.